The number of aromatic nitrogens is 1. The standard InChI is InChI=1S/C14H15NO2S/c1-3-6-11-15-12(14(16)17)13(18-11)10-8-5-4-7-9(10)2/h4-5,7-8H,3,6H2,1-2H3,(H,16,17). The molecule has 0 aliphatic rings. The number of carboxylic acid groups (broad SMARTS) is 1. The first kappa shape index (κ1) is 12.8. The van der Waals surface area contributed by atoms with E-state index in [0.29, 0.717) is 0 Å². The maximum Gasteiger partial charge on any atom is 0.356 e. The highest BCUT2D eigenvalue weighted by Gasteiger charge is 2.19. The van der Waals surface area contributed by atoms with Crippen molar-refractivity contribution in [2.45, 2.75) is 26.7 Å². The summed E-state index contributed by atoms with van der Waals surface area (Å²) in [5.41, 5.74) is 2.22. The maximum atomic E-state index is 11.3. The lowest BCUT2D eigenvalue weighted by Gasteiger charge is -2.02. The third kappa shape index (κ3) is 2.43. The van der Waals surface area contributed by atoms with Crippen LogP contribution in [0.25, 0.3) is 10.4 Å². The number of aromatic carboxylic acids is 1. The van der Waals surface area contributed by atoms with E-state index in [1.165, 1.54) is 11.3 Å². The minimum Gasteiger partial charge on any atom is -0.476 e. The van der Waals surface area contributed by atoms with Crippen molar-refractivity contribution in [3.05, 3.63) is 40.5 Å². The lowest BCUT2D eigenvalue weighted by atomic mass is 10.1. The highest BCUT2D eigenvalue weighted by atomic mass is 32.1. The average Bonchev–Trinajstić information content (AvgIpc) is 2.74. The Labute approximate surface area is 110 Å². The van der Waals surface area contributed by atoms with E-state index >= 15 is 0 Å². The average molecular weight is 261 g/mol. The van der Waals surface area contributed by atoms with Crippen LogP contribution >= 0.6 is 11.3 Å². The van der Waals surface area contributed by atoms with E-state index in [4.69, 9.17) is 0 Å². The molecule has 0 bridgehead atoms. The van der Waals surface area contributed by atoms with Crippen LogP contribution in [0.3, 0.4) is 0 Å². The molecule has 1 aromatic heterocycles. The van der Waals surface area contributed by atoms with Crippen LogP contribution in [-0.2, 0) is 6.42 Å². The number of nitrogens with zero attached hydrogens (tertiary/aromatic N) is 1. The van der Waals surface area contributed by atoms with Gasteiger partial charge in [-0.25, -0.2) is 9.78 Å². The van der Waals surface area contributed by atoms with Gasteiger partial charge in [-0.1, -0.05) is 31.2 Å². The van der Waals surface area contributed by atoms with Crippen molar-refractivity contribution in [1.29, 1.82) is 0 Å². The number of carbonyl (C=O) groups is 1. The molecule has 1 aromatic carbocycles. The van der Waals surface area contributed by atoms with Gasteiger partial charge in [0.15, 0.2) is 5.69 Å². The van der Waals surface area contributed by atoms with Gasteiger partial charge in [-0.3, -0.25) is 0 Å². The van der Waals surface area contributed by atoms with Gasteiger partial charge in [0, 0.05) is 0 Å². The molecule has 0 saturated carbocycles. The van der Waals surface area contributed by atoms with Gasteiger partial charge < -0.3 is 5.11 Å². The van der Waals surface area contributed by atoms with Crippen LogP contribution < -0.4 is 0 Å². The maximum absolute atomic E-state index is 11.3. The Morgan fingerprint density at radius 2 is 2.11 bits per heavy atom. The molecule has 0 atom stereocenters. The molecule has 0 aliphatic heterocycles. The van der Waals surface area contributed by atoms with Gasteiger partial charge in [0.1, 0.15) is 0 Å². The van der Waals surface area contributed by atoms with Crippen LogP contribution in [0.5, 0.6) is 0 Å². The zero-order valence-electron chi connectivity index (χ0n) is 10.4. The molecule has 4 heteroatoms. The van der Waals surface area contributed by atoms with Gasteiger partial charge >= 0.3 is 5.97 Å². The largest absolute Gasteiger partial charge is 0.476 e. The normalized spacial score (nSPS) is 10.6. The van der Waals surface area contributed by atoms with Crippen LogP contribution in [0.15, 0.2) is 24.3 Å². The molecule has 0 fully saturated rings. The van der Waals surface area contributed by atoms with Gasteiger partial charge in [0.05, 0.1) is 9.88 Å². The summed E-state index contributed by atoms with van der Waals surface area (Å²) in [5.74, 6) is -0.952. The van der Waals surface area contributed by atoms with E-state index in [0.717, 1.165) is 33.9 Å². The smallest absolute Gasteiger partial charge is 0.356 e. The van der Waals surface area contributed by atoms with Gasteiger partial charge in [-0.2, -0.15) is 0 Å². The monoisotopic (exact) mass is 261 g/mol. The van der Waals surface area contributed by atoms with Crippen LogP contribution in [-0.4, -0.2) is 16.1 Å². The number of thiazole rings is 1. The summed E-state index contributed by atoms with van der Waals surface area (Å²) in [6.07, 6.45) is 1.80. The fraction of sp³-hybridized carbons (Fsp3) is 0.286. The van der Waals surface area contributed by atoms with Crippen molar-refractivity contribution < 1.29 is 9.90 Å². The molecular weight excluding hydrogens is 246 g/mol. The summed E-state index contributed by atoms with van der Waals surface area (Å²) in [6, 6.07) is 7.81. The number of hydrogen-bond acceptors (Lipinski definition) is 3. The highest BCUT2D eigenvalue weighted by molar-refractivity contribution is 7.15. The molecule has 0 saturated heterocycles. The fourth-order valence-electron chi connectivity index (χ4n) is 1.84. The molecule has 0 spiro atoms. The molecule has 1 N–H and O–H groups in total. The Kier molecular flexibility index (Phi) is 3.77. The summed E-state index contributed by atoms with van der Waals surface area (Å²) in [4.78, 5) is 16.3. The van der Waals surface area contributed by atoms with Crippen molar-refractivity contribution in [2.75, 3.05) is 0 Å². The topological polar surface area (TPSA) is 50.2 Å². The predicted molar refractivity (Wildman–Crippen MR) is 73.2 cm³/mol. The van der Waals surface area contributed by atoms with Crippen molar-refractivity contribution in [1.82, 2.24) is 4.98 Å². The molecule has 18 heavy (non-hydrogen) atoms. The van der Waals surface area contributed by atoms with E-state index in [9.17, 15) is 9.90 Å². The highest BCUT2D eigenvalue weighted by Crippen LogP contribution is 2.33. The Morgan fingerprint density at radius 3 is 2.72 bits per heavy atom. The molecule has 1 heterocycles. The van der Waals surface area contributed by atoms with Crippen LogP contribution in [0, 0.1) is 6.92 Å². The van der Waals surface area contributed by atoms with Crippen LogP contribution in [0.4, 0.5) is 0 Å². The second-order valence-electron chi connectivity index (χ2n) is 4.16. The second-order valence-corrected chi connectivity index (χ2v) is 5.24. The molecule has 0 aliphatic carbocycles. The van der Waals surface area contributed by atoms with Crippen molar-refractivity contribution in [2.24, 2.45) is 0 Å². The van der Waals surface area contributed by atoms with Crippen LogP contribution in [0.1, 0.15) is 34.4 Å². The number of aryl methyl sites for hydroxylation is 2. The molecule has 0 amide bonds. The summed E-state index contributed by atoms with van der Waals surface area (Å²) in [7, 11) is 0. The minimum absolute atomic E-state index is 0.178. The first-order valence-corrected chi connectivity index (χ1v) is 6.74. The van der Waals surface area contributed by atoms with Gasteiger partial charge in [0.2, 0.25) is 0 Å². The first-order chi connectivity index (χ1) is 8.63. The second kappa shape index (κ2) is 5.31. The van der Waals surface area contributed by atoms with Gasteiger partial charge in [-0.05, 0) is 30.9 Å². The van der Waals surface area contributed by atoms with E-state index in [1.54, 1.807) is 0 Å². The third-order valence-corrected chi connectivity index (χ3v) is 3.88. The van der Waals surface area contributed by atoms with Crippen molar-refractivity contribution in [3.63, 3.8) is 0 Å². The Balaban J connectivity index is 2.55. The quantitative estimate of drug-likeness (QED) is 0.911. The molecular formula is C14H15NO2S. The number of hydrogen-bond donors (Lipinski definition) is 1. The molecule has 2 aromatic rings. The number of rotatable bonds is 4. The zero-order chi connectivity index (χ0) is 13.1. The lowest BCUT2D eigenvalue weighted by molar-refractivity contribution is 0.0692. The van der Waals surface area contributed by atoms with E-state index in [2.05, 4.69) is 11.9 Å². The Hall–Kier alpha value is -1.68. The van der Waals surface area contributed by atoms with Crippen molar-refractivity contribution >= 4 is 17.3 Å². The Morgan fingerprint density at radius 1 is 1.39 bits per heavy atom. The molecule has 0 unspecified atom stereocenters. The molecule has 0 radical (unpaired) electrons. The SMILES string of the molecule is CCCc1nc(C(=O)O)c(-c2ccccc2C)s1. The molecule has 94 valence electrons. The van der Waals surface area contributed by atoms with Gasteiger partial charge in [-0.15, -0.1) is 11.3 Å². The van der Waals surface area contributed by atoms with E-state index in [-0.39, 0.29) is 5.69 Å². The zero-order valence-corrected chi connectivity index (χ0v) is 11.3. The summed E-state index contributed by atoms with van der Waals surface area (Å²) < 4.78 is 0. The number of benzene rings is 1. The summed E-state index contributed by atoms with van der Waals surface area (Å²) in [6.45, 7) is 4.05. The number of carboxylic acids is 1. The molecule has 2 rings (SSSR count). The lowest BCUT2D eigenvalue weighted by Crippen LogP contribution is -1.99. The predicted octanol–water partition coefficient (Wildman–Crippen LogP) is 3.77. The summed E-state index contributed by atoms with van der Waals surface area (Å²) in [5, 5.41) is 10.1. The summed E-state index contributed by atoms with van der Waals surface area (Å²) >= 11 is 1.49. The van der Waals surface area contributed by atoms with Crippen molar-refractivity contribution in [3.8, 4) is 10.4 Å². The first-order valence-electron chi connectivity index (χ1n) is 5.92. The Bertz CT molecular complexity index is 575. The van der Waals surface area contributed by atoms with Crippen LogP contribution in [0.2, 0.25) is 0 Å². The third-order valence-electron chi connectivity index (χ3n) is 2.73. The fourth-order valence-corrected chi connectivity index (χ4v) is 3.09. The minimum atomic E-state index is -0.952. The van der Waals surface area contributed by atoms with E-state index < -0.39 is 5.97 Å². The van der Waals surface area contributed by atoms with Gasteiger partial charge in [0.25, 0.3) is 0 Å². The molecule has 3 nitrogen and oxygen atoms in total. The van der Waals surface area contributed by atoms with E-state index in [1.807, 2.05) is 31.2 Å².